The van der Waals surface area contributed by atoms with E-state index < -0.39 is 46.8 Å². The molecule has 2 heterocycles. The van der Waals surface area contributed by atoms with Crippen molar-refractivity contribution in [3.63, 3.8) is 0 Å². The summed E-state index contributed by atoms with van der Waals surface area (Å²) < 4.78 is 16.5. The van der Waals surface area contributed by atoms with Crippen molar-refractivity contribution in [1.82, 2.24) is 5.01 Å². The van der Waals surface area contributed by atoms with Gasteiger partial charge in [0, 0.05) is 17.0 Å². The summed E-state index contributed by atoms with van der Waals surface area (Å²) >= 11 is 0. The van der Waals surface area contributed by atoms with E-state index in [1.165, 1.54) is 12.0 Å². The third-order valence-electron chi connectivity index (χ3n) is 13.0. The number of fused-ring (bicyclic) bond motifs is 4. The Morgan fingerprint density at radius 1 is 0.738 bits per heavy atom. The van der Waals surface area contributed by atoms with E-state index in [4.69, 9.17) is 14.2 Å². The molecule has 5 aromatic rings. The first-order chi connectivity index (χ1) is 29.6. The number of allylic oxidation sites excluding steroid dienone is 2. The molecule has 0 bridgehead atoms. The smallest absolute Gasteiger partial charge is 0.260 e. The first kappa shape index (κ1) is 39.3. The Kier molecular flexibility index (Phi) is 9.97. The Bertz CT molecular complexity index is 2620. The van der Waals surface area contributed by atoms with Crippen LogP contribution >= 0.6 is 0 Å². The van der Waals surface area contributed by atoms with Gasteiger partial charge in [0.15, 0.2) is 11.5 Å². The standard InChI is InChI=1S/C50H45N3O8/c1-29-13-19-33(20-14-29)51-53-47(56)40-28-39-36(44(38-11-8-12-42(61-4)45(38)54)50(40,49(53)58)32-9-6-5-7-10-32)24-25-37-43(39)48(57)52(46(37)55)34-21-16-30(17-22-34)15-18-31-27-35(59-2)23-26-41(31)60-3/h5-24,26-27,37,39-40,43-44,51,54H,25,28H2,1-4H3. The molecule has 1 saturated carbocycles. The molecular formula is C50H45N3O8. The normalized spacial score (nSPS) is 24.3. The summed E-state index contributed by atoms with van der Waals surface area (Å²) in [5, 5.41) is 13.0. The first-order valence-corrected chi connectivity index (χ1v) is 20.3. The fourth-order valence-electron chi connectivity index (χ4n) is 10.2. The van der Waals surface area contributed by atoms with E-state index in [2.05, 4.69) is 5.43 Å². The molecule has 0 radical (unpaired) electrons. The fraction of sp³-hybridized carbons (Fsp3) is 0.240. The molecule has 4 amide bonds. The topological polar surface area (TPSA) is 135 Å². The number of rotatable bonds is 10. The lowest BCUT2D eigenvalue weighted by Crippen LogP contribution is -2.53. The van der Waals surface area contributed by atoms with Crippen molar-refractivity contribution in [2.75, 3.05) is 31.7 Å². The molecule has 11 heteroatoms. The lowest BCUT2D eigenvalue weighted by Gasteiger charge is -2.50. The number of amides is 4. The molecule has 6 unspecified atom stereocenters. The van der Waals surface area contributed by atoms with Crippen LogP contribution in [0.3, 0.4) is 0 Å². The first-order valence-electron chi connectivity index (χ1n) is 20.3. The summed E-state index contributed by atoms with van der Waals surface area (Å²) in [4.78, 5) is 60.9. The summed E-state index contributed by atoms with van der Waals surface area (Å²) in [5.74, 6) is -4.14. The highest BCUT2D eigenvalue weighted by atomic mass is 16.5. The number of anilines is 2. The van der Waals surface area contributed by atoms with Crippen LogP contribution in [0.25, 0.3) is 12.2 Å². The summed E-state index contributed by atoms with van der Waals surface area (Å²) in [5.41, 5.74) is 7.00. The number of nitrogens with zero attached hydrogens (tertiary/aromatic N) is 2. The number of imide groups is 2. The van der Waals surface area contributed by atoms with Gasteiger partial charge in [-0.1, -0.05) is 96.1 Å². The van der Waals surface area contributed by atoms with Crippen molar-refractivity contribution in [2.24, 2.45) is 23.7 Å². The molecule has 61 heavy (non-hydrogen) atoms. The maximum absolute atomic E-state index is 15.4. The summed E-state index contributed by atoms with van der Waals surface area (Å²) in [7, 11) is 4.66. The number of phenolic OH excluding ortho intramolecular Hbond substituents is 1. The molecule has 2 aliphatic heterocycles. The number of carbonyl (C=O) groups excluding carboxylic acids is 4. The number of aryl methyl sites for hydroxylation is 1. The number of methoxy groups -OCH3 is 3. The van der Waals surface area contributed by atoms with E-state index in [1.54, 1.807) is 44.6 Å². The molecule has 0 spiro atoms. The van der Waals surface area contributed by atoms with Crippen LogP contribution < -0.4 is 24.5 Å². The van der Waals surface area contributed by atoms with E-state index in [1.807, 2.05) is 110 Å². The number of benzene rings is 5. The largest absolute Gasteiger partial charge is 0.504 e. The monoisotopic (exact) mass is 815 g/mol. The molecule has 6 atom stereocenters. The van der Waals surface area contributed by atoms with E-state index in [-0.39, 0.29) is 36.2 Å². The van der Waals surface area contributed by atoms with Crippen molar-refractivity contribution in [2.45, 2.75) is 31.1 Å². The van der Waals surface area contributed by atoms with Crippen molar-refractivity contribution >= 4 is 47.2 Å². The van der Waals surface area contributed by atoms with Gasteiger partial charge in [-0.3, -0.25) is 29.5 Å². The molecule has 4 aliphatic rings. The molecule has 2 saturated heterocycles. The van der Waals surface area contributed by atoms with Gasteiger partial charge in [-0.15, -0.1) is 0 Å². The van der Waals surface area contributed by atoms with Crippen LogP contribution in [0.2, 0.25) is 0 Å². The number of carbonyl (C=O) groups is 4. The fourth-order valence-corrected chi connectivity index (χ4v) is 10.2. The number of para-hydroxylation sites is 1. The number of phenols is 1. The molecule has 308 valence electrons. The van der Waals surface area contributed by atoms with E-state index in [0.717, 1.165) is 27.3 Å². The van der Waals surface area contributed by atoms with Crippen LogP contribution in [0.1, 0.15) is 46.6 Å². The van der Waals surface area contributed by atoms with E-state index in [0.29, 0.717) is 34.0 Å². The van der Waals surface area contributed by atoms with Gasteiger partial charge in [0.1, 0.15) is 11.5 Å². The third kappa shape index (κ3) is 6.25. The molecule has 3 fully saturated rings. The number of ether oxygens (including phenoxy) is 3. The zero-order valence-electron chi connectivity index (χ0n) is 34.2. The highest BCUT2D eigenvalue weighted by Gasteiger charge is 2.70. The second kappa shape index (κ2) is 15.5. The van der Waals surface area contributed by atoms with Gasteiger partial charge >= 0.3 is 0 Å². The molecule has 0 aromatic heterocycles. The quantitative estimate of drug-likeness (QED) is 0.0815. The lowest BCUT2D eigenvalue weighted by atomic mass is 9.49. The van der Waals surface area contributed by atoms with Gasteiger partial charge in [0.2, 0.25) is 11.8 Å². The van der Waals surface area contributed by atoms with Crippen molar-refractivity contribution in [3.8, 4) is 23.0 Å². The minimum absolute atomic E-state index is 0.129. The maximum atomic E-state index is 15.4. The van der Waals surface area contributed by atoms with Gasteiger partial charge in [-0.05, 0) is 85.3 Å². The number of hydrogen-bond donors (Lipinski definition) is 2. The van der Waals surface area contributed by atoms with Crippen molar-refractivity contribution < 1.29 is 38.5 Å². The highest BCUT2D eigenvalue weighted by Crippen LogP contribution is 2.65. The molecule has 9 rings (SSSR count). The predicted molar refractivity (Wildman–Crippen MR) is 231 cm³/mol. The van der Waals surface area contributed by atoms with Gasteiger partial charge in [0.05, 0.1) is 55.9 Å². The minimum Gasteiger partial charge on any atom is -0.504 e. The minimum atomic E-state index is -1.53. The molecule has 2 N–H and O–H groups in total. The predicted octanol–water partition coefficient (Wildman–Crippen LogP) is 8.09. The lowest BCUT2D eigenvalue weighted by molar-refractivity contribution is -0.138. The number of nitrogens with one attached hydrogen (secondary N) is 1. The van der Waals surface area contributed by atoms with Crippen LogP contribution in [0.15, 0.2) is 127 Å². The zero-order chi connectivity index (χ0) is 42.6. The van der Waals surface area contributed by atoms with Gasteiger partial charge < -0.3 is 19.3 Å². The highest BCUT2D eigenvalue weighted by molar-refractivity contribution is 6.22. The Balaban J connectivity index is 1.12. The summed E-state index contributed by atoms with van der Waals surface area (Å²) in [6.45, 7) is 1.95. The molecule has 11 nitrogen and oxygen atoms in total. The van der Waals surface area contributed by atoms with Crippen LogP contribution in [0.4, 0.5) is 11.4 Å². The van der Waals surface area contributed by atoms with Crippen molar-refractivity contribution in [1.29, 1.82) is 0 Å². The van der Waals surface area contributed by atoms with E-state index >= 15 is 4.79 Å². The second-order valence-electron chi connectivity index (χ2n) is 16.0. The summed E-state index contributed by atoms with van der Waals surface area (Å²) in [6, 6.07) is 34.5. The Morgan fingerprint density at radius 2 is 1.48 bits per heavy atom. The van der Waals surface area contributed by atoms with Gasteiger partial charge in [-0.25, -0.2) is 0 Å². The van der Waals surface area contributed by atoms with Crippen molar-refractivity contribution in [3.05, 3.63) is 155 Å². The average molecular weight is 816 g/mol. The van der Waals surface area contributed by atoms with Gasteiger partial charge in [0.25, 0.3) is 11.8 Å². The zero-order valence-corrected chi connectivity index (χ0v) is 34.2. The van der Waals surface area contributed by atoms with Crippen LogP contribution in [0, 0.1) is 30.6 Å². The number of hydrazine groups is 1. The summed E-state index contributed by atoms with van der Waals surface area (Å²) in [6.07, 6.45) is 6.16. The Labute approximate surface area is 353 Å². The SMILES string of the molecule is COc1ccc(OC)c(C=Cc2ccc(N3C(=O)C4CC=C5C(CC6C(=O)N(Nc7ccc(C)cc7)C(=O)C6(c6ccccc6)C5c5cccc(OC)c5O)C4C3=O)cc2)c1. The van der Waals surface area contributed by atoms with Crippen LogP contribution in [0.5, 0.6) is 23.0 Å². The van der Waals surface area contributed by atoms with Gasteiger partial charge in [-0.2, -0.15) is 5.01 Å². The number of aromatic hydroxyl groups is 1. The third-order valence-corrected chi connectivity index (χ3v) is 13.0. The second-order valence-corrected chi connectivity index (χ2v) is 16.0. The number of hydrogen-bond acceptors (Lipinski definition) is 9. The Hall–Kier alpha value is -7.14. The Morgan fingerprint density at radius 3 is 2.18 bits per heavy atom. The van der Waals surface area contributed by atoms with Crippen LogP contribution in [-0.2, 0) is 24.6 Å². The molecule has 5 aromatic carbocycles. The molecular weight excluding hydrogens is 771 g/mol. The molecule has 2 aliphatic carbocycles. The maximum Gasteiger partial charge on any atom is 0.260 e. The van der Waals surface area contributed by atoms with Crippen LogP contribution in [-0.4, -0.2) is 55.1 Å². The average Bonchev–Trinajstić information content (AvgIpc) is 3.67. The van der Waals surface area contributed by atoms with E-state index in [9.17, 15) is 19.5 Å².